The van der Waals surface area contributed by atoms with E-state index in [-0.39, 0.29) is 11.8 Å². The van der Waals surface area contributed by atoms with Crippen molar-refractivity contribution in [2.75, 3.05) is 13.1 Å². The number of rotatable bonds is 4. The molecule has 5 nitrogen and oxygen atoms in total. The van der Waals surface area contributed by atoms with Crippen molar-refractivity contribution in [1.29, 1.82) is 0 Å². The lowest BCUT2D eigenvalue weighted by Crippen LogP contribution is -2.46. The summed E-state index contributed by atoms with van der Waals surface area (Å²) in [5.41, 5.74) is -0.788. The molecule has 0 unspecified atom stereocenters. The largest absolute Gasteiger partial charge is 0.467 e. The van der Waals surface area contributed by atoms with Crippen LogP contribution in [0.1, 0.15) is 37.9 Å². The van der Waals surface area contributed by atoms with E-state index in [2.05, 4.69) is 5.32 Å². The molecule has 1 saturated heterocycles. The zero-order valence-corrected chi connectivity index (χ0v) is 11.6. The zero-order valence-electron chi connectivity index (χ0n) is 11.6. The van der Waals surface area contributed by atoms with Crippen molar-refractivity contribution in [2.24, 2.45) is 5.41 Å². The first-order chi connectivity index (χ1) is 9.72. The Hall–Kier alpha value is -1.78. The van der Waals surface area contributed by atoms with Crippen LogP contribution in [0.5, 0.6) is 0 Å². The predicted octanol–water partition coefficient (Wildman–Crippen LogP) is 1.69. The highest BCUT2D eigenvalue weighted by molar-refractivity contribution is 6.07. The standard InChI is InChI=1S/C15H20N2O3/c18-13(16-11-12-5-4-10-20-12)15(6-7-15)14(19)17-8-2-1-3-9-17/h4-5,10H,1-3,6-9,11H2,(H,16,18). The molecule has 2 aliphatic rings. The first-order valence-electron chi connectivity index (χ1n) is 7.32. The van der Waals surface area contributed by atoms with Crippen molar-refractivity contribution in [1.82, 2.24) is 10.2 Å². The summed E-state index contributed by atoms with van der Waals surface area (Å²) in [6.45, 7) is 1.94. The van der Waals surface area contributed by atoms with E-state index in [1.54, 1.807) is 12.3 Å². The Morgan fingerprint density at radius 1 is 1.25 bits per heavy atom. The minimum Gasteiger partial charge on any atom is -0.467 e. The van der Waals surface area contributed by atoms with Gasteiger partial charge in [-0.2, -0.15) is 0 Å². The molecule has 5 heteroatoms. The van der Waals surface area contributed by atoms with Gasteiger partial charge in [0.05, 0.1) is 12.8 Å². The molecule has 0 spiro atoms. The number of carbonyl (C=O) groups excluding carboxylic acids is 2. The van der Waals surface area contributed by atoms with Crippen LogP contribution < -0.4 is 5.32 Å². The lowest BCUT2D eigenvalue weighted by molar-refractivity contribution is -0.145. The predicted molar refractivity (Wildman–Crippen MR) is 72.7 cm³/mol. The normalized spacial score (nSPS) is 20.5. The number of hydrogen-bond acceptors (Lipinski definition) is 3. The SMILES string of the molecule is O=C(NCc1ccco1)C1(C(=O)N2CCCCC2)CC1. The van der Waals surface area contributed by atoms with E-state index in [0.717, 1.165) is 25.9 Å². The third-order valence-corrected chi connectivity index (χ3v) is 4.24. The molecule has 1 aromatic heterocycles. The molecular formula is C15H20N2O3. The fourth-order valence-electron chi connectivity index (χ4n) is 2.81. The number of furan rings is 1. The molecule has 1 aliphatic heterocycles. The highest BCUT2D eigenvalue weighted by atomic mass is 16.3. The van der Waals surface area contributed by atoms with Crippen molar-refractivity contribution in [3.8, 4) is 0 Å². The van der Waals surface area contributed by atoms with Crippen molar-refractivity contribution in [2.45, 2.75) is 38.6 Å². The highest BCUT2D eigenvalue weighted by Gasteiger charge is 2.57. The van der Waals surface area contributed by atoms with Gasteiger partial charge in [0.1, 0.15) is 11.2 Å². The minimum atomic E-state index is -0.788. The van der Waals surface area contributed by atoms with Crippen LogP contribution in [0.3, 0.4) is 0 Å². The second kappa shape index (κ2) is 5.31. The maximum atomic E-state index is 12.5. The van der Waals surface area contributed by atoms with Crippen LogP contribution in [0.2, 0.25) is 0 Å². The zero-order chi connectivity index (χ0) is 14.0. The number of hydrogen-bond donors (Lipinski definition) is 1. The van der Waals surface area contributed by atoms with Gasteiger partial charge >= 0.3 is 0 Å². The van der Waals surface area contributed by atoms with Gasteiger partial charge in [-0.15, -0.1) is 0 Å². The Kier molecular flexibility index (Phi) is 3.51. The molecule has 20 heavy (non-hydrogen) atoms. The molecule has 1 N–H and O–H groups in total. The molecule has 1 aliphatic carbocycles. The third-order valence-electron chi connectivity index (χ3n) is 4.24. The number of piperidine rings is 1. The average molecular weight is 276 g/mol. The smallest absolute Gasteiger partial charge is 0.238 e. The summed E-state index contributed by atoms with van der Waals surface area (Å²) in [7, 11) is 0. The average Bonchev–Trinajstić information content (AvgIpc) is 3.14. The van der Waals surface area contributed by atoms with Crippen molar-refractivity contribution in [3.63, 3.8) is 0 Å². The number of nitrogens with one attached hydrogen (secondary N) is 1. The van der Waals surface area contributed by atoms with Crippen LogP contribution in [0, 0.1) is 5.41 Å². The van der Waals surface area contributed by atoms with Gasteiger partial charge in [0.15, 0.2) is 0 Å². The summed E-state index contributed by atoms with van der Waals surface area (Å²) in [5, 5.41) is 2.83. The number of amides is 2. The Labute approximate surface area is 118 Å². The van der Waals surface area contributed by atoms with Gasteiger partial charge in [-0.1, -0.05) is 0 Å². The molecule has 2 fully saturated rings. The van der Waals surface area contributed by atoms with Crippen LogP contribution in [0.25, 0.3) is 0 Å². The van der Waals surface area contributed by atoms with E-state index < -0.39 is 5.41 Å². The topological polar surface area (TPSA) is 62.6 Å². The van der Waals surface area contributed by atoms with Gasteiger partial charge in [-0.05, 0) is 44.2 Å². The summed E-state index contributed by atoms with van der Waals surface area (Å²) < 4.78 is 5.18. The quantitative estimate of drug-likeness (QED) is 0.851. The van der Waals surface area contributed by atoms with E-state index in [0.29, 0.717) is 25.1 Å². The van der Waals surface area contributed by atoms with Gasteiger partial charge in [0, 0.05) is 13.1 Å². The summed E-state index contributed by atoms with van der Waals surface area (Å²) in [5.74, 6) is 0.582. The molecule has 2 heterocycles. The minimum absolute atomic E-state index is 0.0224. The summed E-state index contributed by atoms with van der Waals surface area (Å²) >= 11 is 0. The van der Waals surface area contributed by atoms with Crippen molar-refractivity contribution < 1.29 is 14.0 Å². The third kappa shape index (κ3) is 2.44. The second-order valence-electron chi connectivity index (χ2n) is 5.70. The Morgan fingerprint density at radius 3 is 2.60 bits per heavy atom. The number of likely N-dealkylation sites (tertiary alicyclic amines) is 1. The molecule has 108 valence electrons. The monoisotopic (exact) mass is 276 g/mol. The molecule has 2 amide bonds. The molecule has 0 atom stereocenters. The Balaban J connectivity index is 1.59. The molecule has 0 radical (unpaired) electrons. The summed E-state index contributed by atoms with van der Waals surface area (Å²) in [4.78, 5) is 26.7. The first-order valence-corrected chi connectivity index (χ1v) is 7.32. The van der Waals surface area contributed by atoms with Crippen LogP contribution in [0.15, 0.2) is 22.8 Å². The maximum Gasteiger partial charge on any atom is 0.238 e. The number of nitrogens with zero attached hydrogens (tertiary/aromatic N) is 1. The second-order valence-corrected chi connectivity index (χ2v) is 5.70. The van der Waals surface area contributed by atoms with E-state index in [1.807, 2.05) is 11.0 Å². The summed E-state index contributed by atoms with van der Waals surface area (Å²) in [6, 6.07) is 3.60. The molecule has 1 saturated carbocycles. The van der Waals surface area contributed by atoms with Crippen LogP contribution in [0.4, 0.5) is 0 Å². The van der Waals surface area contributed by atoms with Gasteiger partial charge in [-0.25, -0.2) is 0 Å². The molecule has 1 aromatic rings. The first kappa shape index (κ1) is 13.2. The number of carbonyl (C=O) groups is 2. The molecule has 0 aromatic carbocycles. The molecule has 0 bridgehead atoms. The Morgan fingerprint density at radius 2 is 2.00 bits per heavy atom. The van der Waals surface area contributed by atoms with Crippen molar-refractivity contribution >= 4 is 11.8 Å². The van der Waals surface area contributed by atoms with Crippen LogP contribution in [-0.4, -0.2) is 29.8 Å². The van der Waals surface area contributed by atoms with Gasteiger partial charge < -0.3 is 14.6 Å². The van der Waals surface area contributed by atoms with Crippen LogP contribution >= 0.6 is 0 Å². The van der Waals surface area contributed by atoms with E-state index >= 15 is 0 Å². The van der Waals surface area contributed by atoms with Crippen molar-refractivity contribution in [3.05, 3.63) is 24.2 Å². The lowest BCUT2D eigenvalue weighted by Gasteiger charge is -2.30. The van der Waals surface area contributed by atoms with Gasteiger partial charge in [0.25, 0.3) is 0 Å². The van der Waals surface area contributed by atoms with E-state index in [9.17, 15) is 9.59 Å². The maximum absolute atomic E-state index is 12.5. The lowest BCUT2D eigenvalue weighted by atomic mass is 10.0. The Bertz CT molecular complexity index is 485. The van der Waals surface area contributed by atoms with E-state index in [1.165, 1.54) is 6.42 Å². The fraction of sp³-hybridized carbons (Fsp3) is 0.600. The van der Waals surface area contributed by atoms with E-state index in [4.69, 9.17) is 4.42 Å². The van der Waals surface area contributed by atoms with Gasteiger partial charge in [-0.3, -0.25) is 9.59 Å². The van der Waals surface area contributed by atoms with Gasteiger partial charge in [0.2, 0.25) is 11.8 Å². The fourth-order valence-corrected chi connectivity index (χ4v) is 2.81. The molecular weight excluding hydrogens is 256 g/mol. The molecule has 3 rings (SSSR count). The van der Waals surface area contributed by atoms with Crippen LogP contribution in [-0.2, 0) is 16.1 Å². The highest BCUT2D eigenvalue weighted by Crippen LogP contribution is 2.47. The summed E-state index contributed by atoms with van der Waals surface area (Å²) in [6.07, 6.45) is 6.21.